The van der Waals surface area contributed by atoms with E-state index in [-0.39, 0.29) is 23.4 Å². The zero-order chi connectivity index (χ0) is 17.0. The molecule has 2 rings (SSSR count). The highest BCUT2D eigenvalue weighted by Crippen LogP contribution is 2.26. The number of hydrazine groups is 1. The van der Waals surface area contributed by atoms with Crippen LogP contribution in [0.15, 0.2) is 10.5 Å². The molecular weight excluding hydrogens is 294 g/mol. The number of carbonyl (C=O) groups excluding carboxylic acids is 2. The zero-order valence-corrected chi connectivity index (χ0v) is 14.4. The second-order valence-corrected chi connectivity index (χ2v) is 7.22. The van der Waals surface area contributed by atoms with Crippen LogP contribution < -0.4 is 16.2 Å². The molecule has 128 valence electrons. The van der Waals surface area contributed by atoms with Gasteiger partial charge < -0.3 is 9.73 Å². The number of carbonyl (C=O) groups is 2. The van der Waals surface area contributed by atoms with Crippen LogP contribution in [0.3, 0.4) is 0 Å². The van der Waals surface area contributed by atoms with Crippen LogP contribution in [0, 0.1) is 6.92 Å². The molecule has 1 aliphatic carbocycles. The molecule has 0 atom stereocenters. The third-order valence-electron chi connectivity index (χ3n) is 4.13. The van der Waals surface area contributed by atoms with Crippen molar-refractivity contribution in [3.05, 3.63) is 23.2 Å². The maximum Gasteiger partial charge on any atom is 0.333 e. The summed E-state index contributed by atoms with van der Waals surface area (Å²) in [6.07, 6.45) is 5.50. The maximum absolute atomic E-state index is 12.2. The zero-order valence-electron chi connectivity index (χ0n) is 14.4. The summed E-state index contributed by atoms with van der Waals surface area (Å²) < 4.78 is 5.64. The number of nitrogens with one attached hydrogen (secondary N) is 3. The second kappa shape index (κ2) is 7.06. The summed E-state index contributed by atoms with van der Waals surface area (Å²) >= 11 is 0. The minimum absolute atomic E-state index is 0.172. The summed E-state index contributed by atoms with van der Waals surface area (Å²) in [5.41, 5.74) is 5.11. The lowest BCUT2D eigenvalue weighted by atomic mass is 9.93. The standard InChI is InChI=1S/C17H27N3O3/c1-11-13(10-14(23-11)17(2,3)4)15(21)19-20-16(22)18-12-8-6-5-7-9-12/h10,12H,5-9H2,1-4H3,(H,19,21)(H2,18,20,22). The average molecular weight is 321 g/mol. The van der Waals surface area contributed by atoms with Gasteiger partial charge in [0.15, 0.2) is 0 Å². The number of rotatable bonds is 2. The number of amides is 3. The van der Waals surface area contributed by atoms with Crippen molar-refractivity contribution in [2.45, 2.75) is 71.3 Å². The van der Waals surface area contributed by atoms with E-state index in [1.807, 2.05) is 20.8 Å². The Morgan fingerprint density at radius 3 is 2.35 bits per heavy atom. The van der Waals surface area contributed by atoms with Crippen molar-refractivity contribution in [2.75, 3.05) is 0 Å². The monoisotopic (exact) mass is 321 g/mol. The van der Waals surface area contributed by atoms with Gasteiger partial charge in [0.05, 0.1) is 5.56 Å². The molecule has 1 aromatic heterocycles. The third-order valence-corrected chi connectivity index (χ3v) is 4.13. The van der Waals surface area contributed by atoms with Gasteiger partial charge in [-0.15, -0.1) is 0 Å². The first-order valence-electron chi connectivity index (χ1n) is 8.25. The Morgan fingerprint density at radius 1 is 1.13 bits per heavy atom. The van der Waals surface area contributed by atoms with E-state index in [2.05, 4.69) is 16.2 Å². The van der Waals surface area contributed by atoms with Gasteiger partial charge in [-0.3, -0.25) is 10.2 Å². The third kappa shape index (κ3) is 4.74. The molecule has 0 spiro atoms. The molecule has 1 fully saturated rings. The number of furan rings is 1. The maximum atomic E-state index is 12.2. The van der Waals surface area contributed by atoms with Crippen LogP contribution in [0.4, 0.5) is 4.79 Å². The molecular formula is C17H27N3O3. The van der Waals surface area contributed by atoms with Gasteiger partial charge in [-0.1, -0.05) is 40.0 Å². The molecule has 6 nitrogen and oxygen atoms in total. The Morgan fingerprint density at radius 2 is 1.78 bits per heavy atom. The predicted molar refractivity (Wildman–Crippen MR) is 88.2 cm³/mol. The van der Waals surface area contributed by atoms with Gasteiger partial charge in [-0.2, -0.15) is 0 Å². The molecule has 23 heavy (non-hydrogen) atoms. The first-order valence-corrected chi connectivity index (χ1v) is 8.25. The van der Waals surface area contributed by atoms with Crippen molar-refractivity contribution >= 4 is 11.9 Å². The van der Waals surface area contributed by atoms with E-state index in [1.165, 1.54) is 6.42 Å². The van der Waals surface area contributed by atoms with Crippen molar-refractivity contribution in [3.8, 4) is 0 Å². The molecule has 0 unspecified atom stereocenters. The molecule has 3 amide bonds. The molecule has 1 aliphatic rings. The smallest absolute Gasteiger partial charge is 0.333 e. The summed E-state index contributed by atoms with van der Waals surface area (Å²) in [6.45, 7) is 7.79. The first kappa shape index (κ1) is 17.4. The van der Waals surface area contributed by atoms with Crippen molar-refractivity contribution < 1.29 is 14.0 Å². The van der Waals surface area contributed by atoms with Crippen LogP contribution in [0.2, 0.25) is 0 Å². The lowest BCUT2D eigenvalue weighted by molar-refractivity contribution is 0.0934. The van der Waals surface area contributed by atoms with E-state index in [9.17, 15) is 9.59 Å². The van der Waals surface area contributed by atoms with Crippen LogP contribution in [-0.4, -0.2) is 18.0 Å². The summed E-state index contributed by atoms with van der Waals surface area (Å²) in [5, 5.41) is 2.88. The Bertz CT molecular complexity index is 566. The highest BCUT2D eigenvalue weighted by molar-refractivity contribution is 5.96. The number of hydrogen-bond donors (Lipinski definition) is 3. The fourth-order valence-corrected chi connectivity index (χ4v) is 2.73. The second-order valence-electron chi connectivity index (χ2n) is 7.22. The minimum Gasteiger partial charge on any atom is -0.465 e. The van der Waals surface area contributed by atoms with Crippen molar-refractivity contribution in [3.63, 3.8) is 0 Å². The van der Waals surface area contributed by atoms with E-state index >= 15 is 0 Å². The van der Waals surface area contributed by atoms with Crippen molar-refractivity contribution in [1.29, 1.82) is 0 Å². The molecule has 1 aromatic rings. The Kier molecular flexibility index (Phi) is 5.34. The van der Waals surface area contributed by atoms with Crippen molar-refractivity contribution in [2.24, 2.45) is 0 Å². The van der Waals surface area contributed by atoms with Crippen LogP contribution in [0.1, 0.15) is 74.8 Å². The summed E-state index contributed by atoms with van der Waals surface area (Å²) in [4.78, 5) is 24.0. The summed E-state index contributed by atoms with van der Waals surface area (Å²) in [6, 6.07) is 1.55. The molecule has 0 aromatic carbocycles. The Labute approximate surface area is 137 Å². The molecule has 6 heteroatoms. The molecule has 0 bridgehead atoms. The molecule has 0 saturated heterocycles. The van der Waals surface area contributed by atoms with Crippen LogP contribution in [0.5, 0.6) is 0 Å². The van der Waals surface area contributed by atoms with Crippen LogP contribution in [0.25, 0.3) is 0 Å². The molecule has 1 saturated carbocycles. The summed E-state index contributed by atoms with van der Waals surface area (Å²) in [7, 11) is 0. The van der Waals surface area contributed by atoms with Gasteiger partial charge in [-0.05, 0) is 25.8 Å². The fourth-order valence-electron chi connectivity index (χ4n) is 2.73. The SMILES string of the molecule is Cc1oc(C(C)(C)C)cc1C(=O)NNC(=O)NC1CCCCC1. The van der Waals surface area contributed by atoms with E-state index in [0.717, 1.165) is 31.4 Å². The lowest BCUT2D eigenvalue weighted by Crippen LogP contribution is -2.50. The van der Waals surface area contributed by atoms with Gasteiger partial charge in [0.25, 0.3) is 5.91 Å². The Balaban J connectivity index is 1.87. The van der Waals surface area contributed by atoms with Crippen molar-refractivity contribution in [1.82, 2.24) is 16.2 Å². The molecule has 3 N–H and O–H groups in total. The van der Waals surface area contributed by atoms with Gasteiger partial charge in [-0.25, -0.2) is 10.2 Å². The molecule has 0 aliphatic heterocycles. The highest BCUT2D eigenvalue weighted by atomic mass is 16.3. The number of hydrogen-bond acceptors (Lipinski definition) is 3. The average Bonchev–Trinajstić information content (AvgIpc) is 2.88. The number of aryl methyl sites for hydroxylation is 1. The van der Waals surface area contributed by atoms with Crippen LogP contribution in [-0.2, 0) is 5.41 Å². The normalized spacial score (nSPS) is 16.0. The van der Waals surface area contributed by atoms with Gasteiger partial charge in [0.2, 0.25) is 0 Å². The van der Waals surface area contributed by atoms with E-state index in [0.29, 0.717) is 11.3 Å². The van der Waals surface area contributed by atoms with E-state index in [4.69, 9.17) is 4.42 Å². The minimum atomic E-state index is -0.374. The number of urea groups is 1. The van der Waals surface area contributed by atoms with Gasteiger partial charge in [0, 0.05) is 11.5 Å². The topological polar surface area (TPSA) is 83.4 Å². The van der Waals surface area contributed by atoms with Gasteiger partial charge >= 0.3 is 6.03 Å². The Hall–Kier alpha value is -1.98. The quantitative estimate of drug-likeness (QED) is 0.732. The first-order chi connectivity index (χ1) is 10.8. The van der Waals surface area contributed by atoms with E-state index < -0.39 is 0 Å². The predicted octanol–water partition coefficient (Wildman–Crippen LogP) is 3.16. The highest BCUT2D eigenvalue weighted by Gasteiger charge is 2.23. The fraction of sp³-hybridized carbons (Fsp3) is 0.647. The van der Waals surface area contributed by atoms with Crippen LogP contribution >= 0.6 is 0 Å². The lowest BCUT2D eigenvalue weighted by Gasteiger charge is -2.22. The molecule has 0 radical (unpaired) electrons. The molecule has 1 heterocycles. The van der Waals surface area contributed by atoms with E-state index in [1.54, 1.807) is 13.0 Å². The largest absolute Gasteiger partial charge is 0.465 e. The van der Waals surface area contributed by atoms with Gasteiger partial charge in [0.1, 0.15) is 11.5 Å². The summed E-state index contributed by atoms with van der Waals surface area (Å²) in [5.74, 6) is 0.911.